The van der Waals surface area contributed by atoms with Crippen LogP contribution in [0.3, 0.4) is 0 Å². The maximum atomic E-state index is 5.18. The Morgan fingerprint density at radius 2 is 1.77 bits per heavy atom. The normalized spacial score (nSPS) is 10.5. The molecule has 0 saturated carbocycles. The van der Waals surface area contributed by atoms with E-state index in [4.69, 9.17) is 4.74 Å². The minimum atomic E-state index is 0.854. The largest absolute Gasteiger partial charge is 0.497 e. The fraction of sp³-hybridized carbons (Fsp3) is 0.167. The van der Waals surface area contributed by atoms with Crippen molar-refractivity contribution in [2.45, 2.75) is 13.8 Å². The number of aryl methyl sites for hydroxylation is 2. The Bertz CT molecular complexity index is 778. The molecule has 0 aliphatic heterocycles. The van der Waals surface area contributed by atoms with Gasteiger partial charge in [-0.2, -0.15) is 0 Å². The fourth-order valence-electron chi connectivity index (χ4n) is 2.17. The summed E-state index contributed by atoms with van der Waals surface area (Å²) in [6.07, 6.45) is 0. The summed E-state index contributed by atoms with van der Waals surface area (Å²) in [5.74, 6) is 0.854. The highest BCUT2D eigenvalue weighted by molar-refractivity contribution is 7.14. The minimum Gasteiger partial charge on any atom is -0.497 e. The number of nitrogens with one attached hydrogen (secondary N) is 1. The van der Waals surface area contributed by atoms with Crippen LogP contribution >= 0.6 is 11.3 Å². The zero-order valence-corrected chi connectivity index (χ0v) is 13.7. The highest BCUT2D eigenvalue weighted by Crippen LogP contribution is 2.28. The predicted octanol–water partition coefficient (Wildman–Crippen LogP) is 5.18. The molecule has 3 aromatic rings. The molecule has 0 radical (unpaired) electrons. The van der Waals surface area contributed by atoms with Crippen molar-refractivity contribution in [3.8, 4) is 17.0 Å². The van der Waals surface area contributed by atoms with Crippen LogP contribution in [0.25, 0.3) is 11.3 Å². The van der Waals surface area contributed by atoms with E-state index in [-0.39, 0.29) is 0 Å². The highest BCUT2D eigenvalue weighted by Gasteiger charge is 2.06. The van der Waals surface area contributed by atoms with Crippen LogP contribution in [0.15, 0.2) is 47.8 Å². The second-order valence-electron chi connectivity index (χ2n) is 5.19. The molecule has 22 heavy (non-hydrogen) atoms. The first kappa shape index (κ1) is 14.6. The van der Waals surface area contributed by atoms with Crippen molar-refractivity contribution in [2.24, 2.45) is 0 Å². The molecule has 3 rings (SSSR count). The summed E-state index contributed by atoms with van der Waals surface area (Å²) in [5.41, 5.74) is 5.70. The quantitative estimate of drug-likeness (QED) is 0.721. The monoisotopic (exact) mass is 310 g/mol. The molecule has 1 heterocycles. The molecule has 0 fully saturated rings. The van der Waals surface area contributed by atoms with Gasteiger partial charge in [0.25, 0.3) is 0 Å². The van der Waals surface area contributed by atoms with Crippen LogP contribution in [0.1, 0.15) is 11.1 Å². The lowest BCUT2D eigenvalue weighted by molar-refractivity contribution is 0.415. The van der Waals surface area contributed by atoms with Gasteiger partial charge in [0.15, 0.2) is 5.13 Å². The number of ether oxygens (including phenoxy) is 1. The molecule has 0 aliphatic carbocycles. The number of thiazole rings is 1. The molecule has 4 heteroatoms. The summed E-state index contributed by atoms with van der Waals surface area (Å²) in [6, 6.07) is 14.3. The van der Waals surface area contributed by atoms with Crippen LogP contribution in [0.2, 0.25) is 0 Å². The smallest absolute Gasteiger partial charge is 0.187 e. The molecule has 0 spiro atoms. The van der Waals surface area contributed by atoms with Gasteiger partial charge in [-0.1, -0.05) is 6.07 Å². The number of hydrogen-bond acceptors (Lipinski definition) is 4. The lowest BCUT2D eigenvalue weighted by Crippen LogP contribution is -1.91. The summed E-state index contributed by atoms with van der Waals surface area (Å²) >= 11 is 1.61. The third-order valence-electron chi connectivity index (χ3n) is 3.65. The van der Waals surface area contributed by atoms with Crippen LogP contribution < -0.4 is 10.1 Å². The highest BCUT2D eigenvalue weighted by atomic mass is 32.1. The number of anilines is 2. The second-order valence-corrected chi connectivity index (χ2v) is 6.05. The first-order chi connectivity index (χ1) is 10.7. The van der Waals surface area contributed by atoms with Gasteiger partial charge in [0.05, 0.1) is 12.8 Å². The third-order valence-corrected chi connectivity index (χ3v) is 4.41. The van der Waals surface area contributed by atoms with Gasteiger partial charge in [0, 0.05) is 16.6 Å². The van der Waals surface area contributed by atoms with E-state index in [0.29, 0.717) is 0 Å². The Morgan fingerprint density at radius 1 is 1.00 bits per heavy atom. The van der Waals surface area contributed by atoms with Gasteiger partial charge < -0.3 is 10.1 Å². The number of methoxy groups -OCH3 is 1. The van der Waals surface area contributed by atoms with E-state index >= 15 is 0 Å². The standard InChI is InChI=1S/C18H18N2OS/c1-12-4-7-15(10-13(12)2)19-18-20-17(11-22-18)14-5-8-16(21-3)9-6-14/h4-11H,1-3H3,(H,19,20). The number of hydrogen-bond donors (Lipinski definition) is 1. The predicted molar refractivity (Wildman–Crippen MR) is 93.3 cm³/mol. The molecule has 1 N–H and O–H groups in total. The topological polar surface area (TPSA) is 34.1 Å². The summed E-state index contributed by atoms with van der Waals surface area (Å²) in [7, 11) is 1.67. The van der Waals surface area contributed by atoms with Crippen molar-refractivity contribution in [1.82, 2.24) is 4.98 Å². The molecular formula is C18H18N2OS. The fourth-order valence-corrected chi connectivity index (χ4v) is 2.91. The Balaban J connectivity index is 1.79. The van der Waals surface area contributed by atoms with Gasteiger partial charge in [0.1, 0.15) is 5.75 Å². The van der Waals surface area contributed by atoms with Crippen molar-refractivity contribution >= 4 is 22.2 Å². The first-order valence-corrected chi connectivity index (χ1v) is 7.98. The van der Waals surface area contributed by atoms with Gasteiger partial charge in [-0.3, -0.25) is 0 Å². The van der Waals surface area contributed by atoms with Crippen molar-refractivity contribution < 1.29 is 4.74 Å². The molecule has 3 nitrogen and oxygen atoms in total. The average Bonchev–Trinajstić information content (AvgIpc) is 2.99. The Kier molecular flexibility index (Phi) is 4.11. The zero-order valence-electron chi connectivity index (χ0n) is 12.9. The molecule has 0 atom stereocenters. The Hall–Kier alpha value is -2.33. The molecule has 0 saturated heterocycles. The SMILES string of the molecule is COc1ccc(-c2csc(Nc3ccc(C)c(C)c3)n2)cc1. The van der Waals surface area contributed by atoms with Gasteiger partial charge >= 0.3 is 0 Å². The molecule has 2 aromatic carbocycles. The van der Waals surface area contributed by atoms with E-state index in [1.165, 1.54) is 11.1 Å². The van der Waals surface area contributed by atoms with E-state index in [0.717, 1.165) is 27.8 Å². The molecule has 1 aromatic heterocycles. The van der Waals surface area contributed by atoms with E-state index < -0.39 is 0 Å². The number of nitrogens with zero attached hydrogens (tertiary/aromatic N) is 1. The second kappa shape index (κ2) is 6.20. The van der Waals surface area contributed by atoms with Crippen LogP contribution in [0.4, 0.5) is 10.8 Å². The summed E-state index contributed by atoms with van der Waals surface area (Å²) in [4.78, 5) is 4.65. The van der Waals surface area contributed by atoms with Crippen molar-refractivity contribution in [2.75, 3.05) is 12.4 Å². The Morgan fingerprint density at radius 3 is 2.45 bits per heavy atom. The van der Waals surface area contributed by atoms with Crippen molar-refractivity contribution in [3.05, 3.63) is 59.0 Å². The maximum Gasteiger partial charge on any atom is 0.187 e. The van der Waals surface area contributed by atoms with Crippen LogP contribution in [-0.2, 0) is 0 Å². The van der Waals surface area contributed by atoms with Crippen molar-refractivity contribution in [1.29, 1.82) is 0 Å². The minimum absolute atomic E-state index is 0.854. The lowest BCUT2D eigenvalue weighted by atomic mass is 10.1. The maximum absolute atomic E-state index is 5.18. The van der Waals surface area contributed by atoms with Gasteiger partial charge in [0.2, 0.25) is 0 Å². The van der Waals surface area contributed by atoms with E-state index in [2.05, 4.69) is 47.7 Å². The average molecular weight is 310 g/mol. The summed E-state index contributed by atoms with van der Waals surface area (Å²) < 4.78 is 5.18. The number of benzene rings is 2. The van der Waals surface area contributed by atoms with Gasteiger partial charge in [-0.15, -0.1) is 11.3 Å². The molecule has 0 aliphatic rings. The van der Waals surface area contributed by atoms with E-state index in [1.54, 1.807) is 18.4 Å². The molecule has 0 amide bonds. The van der Waals surface area contributed by atoms with Crippen LogP contribution in [0, 0.1) is 13.8 Å². The van der Waals surface area contributed by atoms with Crippen LogP contribution in [-0.4, -0.2) is 12.1 Å². The van der Waals surface area contributed by atoms with E-state index in [1.807, 2.05) is 24.3 Å². The third kappa shape index (κ3) is 3.12. The summed E-state index contributed by atoms with van der Waals surface area (Å²) in [6.45, 7) is 4.23. The van der Waals surface area contributed by atoms with E-state index in [9.17, 15) is 0 Å². The molecular weight excluding hydrogens is 292 g/mol. The first-order valence-electron chi connectivity index (χ1n) is 7.10. The van der Waals surface area contributed by atoms with Crippen LogP contribution in [0.5, 0.6) is 5.75 Å². The molecule has 112 valence electrons. The number of rotatable bonds is 4. The van der Waals surface area contributed by atoms with Gasteiger partial charge in [-0.05, 0) is 61.4 Å². The van der Waals surface area contributed by atoms with Gasteiger partial charge in [-0.25, -0.2) is 4.98 Å². The van der Waals surface area contributed by atoms with Crippen molar-refractivity contribution in [3.63, 3.8) is 0 Å². The number of aromatic nitrogens is 1. The Labute approximate surface area is 134 Å². The lowest BCUT2D eigenvalue weighted by Gasteiger charge is -2.05. The summed E-state index contributed by atoms with van der Waals surface area (Å²) in [5, 5.41) is 6.33. The molecule has 0 bridgehead atoms. The zero-order chi connectivity index (χ0) is 15.5. The molecule has 0 unspecified atom stereocenters.